The molecule has 1 saturated carbocycles. The van der Waals surface area contributed by atoms with Gasteiger partial charge in [-0.25, -0.2) is 8.78 Å². The van der Waals surface area contributed by atoms with Crippen LogP contribution in [0.1, 0.15) is 68.9 Å². The van der Waals surface area contributed by atoms with Gasteiger partial charge in [-0.3, -0.25) is 0 Å². The average molecular weight is 354 g/mol. The van der Waals surface area contributed by atoms with Gasteiger partial charge in [0.15, 0.2) is 0 Å². The number of benzene rings is 2. The summed E-state index contributed by atoms with van der Waals surface area (Å²) in [6.45, 7) is 2.21. The number of allylic oxidation sites excluding steroid dienone is 1. The lowest BCUT2D eigenvalue weighted by Gasteiger charge is -2.28. The molecule has 2 aromatic carbocycles. The van der Waals surface area contributed by atoms with Crippen molar-refractivity contribution in [1.29, 1.82) is 0 Å². The van der Waals surface area contributed by atoms with Crippen LogP contribution >= 0.6 is 0 Å². The van der Waals surface area contributed by atoms with Gasteiger partial charge >= 0.3 is 0 Å². The van der Waals surface area contributed by atoms with Crippen molar-refractivity contribution in [3.05, 3.63) is 65.7 Å². The monoisotopic (exact) mass is 354 g/mol. The van der Waals surface area contributed by atoms with E-state index in [1.54, 1.807) is 0 Å². The second-order valence-corrected chi connectivity index (χ2v) is 7.42. The first kappa shape index (κ1) is 18.8. The van der Waals surface area contributed by atoms with Gasteiger partial charge in [0, 0.05) is 12.8 Å². The molecule has 0 bridgehead atoms. The largest absolute Gasteiger partial charge is 0.248 e. The smallest absolute Gasteiger partial charge is 0.207 e. The molecule has 0 saturated heterocycles. The zero-order valence-electron chi connectivity index (χ0n) is 15.6. The van der Waals surface area contributed by atoms with E-state index in [4.69, 9.17) is 0 Å². The van der Waals surface area contributed by atoms with Gasteiger partial charge in [0.05, 0.1) is 0 Å². The zero-order chi connectivity index (χ0) is 18.4. The van der Waals surface area contributed by atoms with E-state index in [-0.39, 0.29) is 18.8 Å². The fourth-order valence-corrected chi connectivity index (χ4v) is 3.65. The lowest BCUT2D eigenvalue weighted by atomic mass is 9.82. The van der Waals surface area contributed by atoms with Gasteiger partial charge < -0.3 is 0 Å². The average Bonchev–Trinajstić information content (AvgIpc) is 2.66. The molecule has 0 atom stereocenters. The molecule has 0 N–H and O–H groups in total. The van der Waals surface area contributed by atoms with Crippen LogP contribution in [0.4, 0.5) is 8.78 Å². The second kappa shape index (κ2) is 8.62. The highest BCUT2D eigenvalue weighted by atomic mass is 19.3. The van der Waals surface area contributed by atoms with Crippen LogP contribution in [-0.4, -0.2) is 5.92 Å². The van der Waals surface area contributed by atoms with Gasteiger partial charge in [-0.05, 0) is 47.4 Å². The highest BCUT2D eigenvalue weighted by Gasteiger charge is 2.35. The topological polar surface area (TPSA) is 0 Å². The molecule has 0 aliphatic heterocycles. The van der Waals surface area contributed by atoms with Gasteiger partial charge in [-0.15, -0.1) is 0 Å². The Kier molecular flexibility index (Phi) is 6.24. The molecule has 3 rings (SSSR count). The molecule has 0 spiro atoms. The maximum atomic E-state index is 13.3. The van der Waals surface area contributed by atoms with Crippen LogP contribution in [-0.2, 0) is 0 Å². The standard InChI is InChI=1S/C24H28F2/c1-2-3-4-5-6-19-7-9-20(10-8-19)21-11-13-22(14-12-21)23-15-17-24(25,26)18-16-23/h5-14,23H,2-4,15-18H2,1H3/b6-5+. The molecule has 0 unspecified atom stereocenters. The van der Waals surface area contributed by atoms with Crippen molar-refractivity contribution in [3.63, 3.8) is 0 Å². The van der Waals surface area contributed by atoms with E-state index in [1.807, 2.05) is 0 Å². The van der Waals surface area contributed by atoms with E-state index in [9.17, 15) is 8.78 Å². The van der Waals surface area contributed by atoms with Crippen LogP contribution in [0.5, 0.6) is 0 Å². The third-order valence-corrected chi connectivity index (χ3v) is 5.38. The Labute approximate surface area is 156 Å². The van der Waals surface area contributed by atoms with Gasteiger partial charge in [-0.2, -0.15) is 0 Å². The number of halogens is 2. The van der Waals surface area contributed by atoms with Crippen molar-refractivity contribution in [1.82, 2.24) is 0 Å². The summed E-state index contributed by atoms with van der Waals surface area (Å²) < 4.78 is 26.6. The van der Waals surface area contributed by atoms with Gasteiger partial charge in [0.2, 0.25) is 5.92 Å². The molecule has 1 aliphatic rings. The second-order valence-electron chi connectivity index (χ2n) is 7.42. The zero-order valence-corrected chi connectivity index (χ0v) is 15.6. The lowest BCUT2D eigenvalue weighted by molar-refractivity contribution is -0.0382. The van der Waals surface area contributed by atoms with E-state index in [0.717, 1.165) is 6.42 Å². The van der Waals surface area contributed by atoms with Crippen LogP contribution in [0, 0.1) is 0 Å². The minimum Gasteiger partial charge on any atom is -0.207 e. The van der Waals surface area contributed by atoms with Crippen molar-refractivity contribution in [2.45, 2.75) is 63.7 Å². The summed E-state index contributed by atoms with van der Waals surface area (Å²) in [5.74, 6) is -2.18. The first-order valence-corrected chi connectivity index (χ1v) is 9.82. The molecule has 2 aromatic rings. The molecule has 2 heteroatoms. The first-order valence-electron chi connectivity index (χ1n) is 9.82. The Balaban J connectivity index is 1.62. The maximum Gasteiger partial charge on any atom is 0.248 e. The molecule has 0 amide bonds. The Bertz CT molecular complexity index is 701. The molecule has 1 fully saturated rings. The van der Waals surface area contributed by atoms with E-state index < -0.39 is 5.92 Å². The Morgan fingerprint density at radius 3 is 2.08 bits per heavy atom. The molecule has 0 radical (unpaired) electrons. The van der Waals surface area contributed by atoms with Crippen molar-refractivity contribution in [2.24, 2.45) is 0 Å². The van der Waals surface area contributed by atoms with Crippen LogP contribution in [0.25, 0.3) is 17.2 Å². The summed E-state index contributed by atoms with van der Waals surface area (Å²) in [4.78, 5) is 0. The summed E-state index contributed by atoms with van der Waals surface area (Å²) >= 11 is 0. The van der Waals surface area contributed by atoms with E-state index in [1.165, 1.54) is 35.1 Å². The van der Waals surface area contributed by atoms with Crippen LogP contribution in [0.3, 0.4) is 0 Å². The normalized spacial score (nSPS) is 17.7. The summed E-state index contributed by atoms with van der Waals surface area (Å²) in [5, 5.41) is 0. The predicted octanol–water partition coefficient (Wildman–Crippen LogP) is 7.85. The van der Waals surface area contributed by atoms with E-state index in [2.05, 4.69) is 67.6 Å². The molecule has 26 heavy (non-hydrogen) atoms. The van der Waals surface area contributed by atoms with E-state index >= 15 is 0 Å². The highest BCUT2D eigenvalue weighted by molar-refractivity contribution is 5.66. The summed E-state index contributed by atoms with van der Waals surface area (Å²) in [7, 11) is 0. The number of unbranched alkanes of at least 4 members (excludes halogenated alkanes) is 2. The molecular weight excluding hydrogens is 326 g/mol. The van der Waals surface area contributed by atoms with Gasteiger partial charge in [-0.1, -0.05) is 80.4 Å². The Morgan fingerprint density at radius 2 is 1.50 bits per heavy atom. The van der Waals surface area contributed by atoms with Gasteiger partial charge in [0.25, 0.3) is 0 Å². The number of hydrogen-bond donors (Lipinski definition) is 0. The summed E-state index contributed by atoms with van der Waals surface area (Å²) in [6, 6.07) is 17.1. The summed E-state index contributed by atoms with van der Waals surface area (Å²) in [6.07, 6.45) is 9.23. The minimum atomic E-state index is -2.46. The molecular formula is C24H28F2. The van der Waals surface area contributed by atoms with Crippen molar-refractivity contribution in [3.8, 4) is 11.1 Å². The summed E-state index contributed by atoms with van der Waals surface area (Å²) in [5.41, 5.74) is 4.79. The Morgan fingerprint density at radius 1 is 0.923 bits per heavy atom. The fraction of sp³-hybridized carbons (Fsp3) is 0.417. The van der Waals surface area contributed by atoms with Crippen LogP contribution in [0.2, 0.25) is 0 Å². The minimum absolute atomic E-state index is 0.0205. The first-order chi connectivity index (χ1) is 12.6. The molecule has 1 aliphatic carbocycles. The lowest BCUT2D eigenvalue weighted by Crippen LogP contribution is -2.23. The molecule has 0 aromatic heterocycles. The van der Waals surface area contributed by atoms with Crippen LogP contribution < -0.4 is 0 Å². The maximum absolute atomic E-state index is 13.3. The van der Waals surface area contributed by atoms with Crippen LogP contribution in [0.15, 0.2) is 54.6 Å². The van der Waals surface area contributed by atoms with Crippen molar-refractivity contribution in [2.75, 3.05) is 0 Å². The molecule has 138 valence electrons. The third kappa shape index (κ3) is 5.03. The van der Waals surface area contributed by atoms with Crippen molar-refractivity contribution < 1.29 is 8.78 Å². The fourth-order valence-electron chi connectivity index (χ4n) is 3.65. The highest BCUT2D eigenvalue weighted by Crippen LogP contribution is 2.41. The van der Waals surface area contributed by atoms with Crippen molar-refractivity contribution >= 4 is 6.08 Å². The SMILES string of the molecule is CCCC/C=C/c1ccc(-c2ccc(C3CCC(F)(F)CC3)cc2)cc1. The third-order valence-electron chi connectivity index (χ3n) is 5.38. The number of alkyl halides is 2. The number of hydrogen-bond acceptors (Lipinski definition) is 0. The quantitative estimate of drug-likeness (QED) is 0.463. The van der Waals surface area contributed by atoms with Gasteiger partial charge in [0.1, 0.15) is 0 Å². The Hall–Kier alpha value is -1.96. The van der Waals surface area contributed by atoms with E-state index in [0.29, 0.717) is 12.8 Å². The molecule has 0 nitrogen and oxygen atoms in total. The predicted molar refractivity (Wildman–Crippen MR) is 107 cm³/mol. The molecule has 0 heterocycles. The number of rotatable bonds is 6.